The van der Waals surface area contributed by atoms with Crippen molar-refractivity contribution in [1.82, 2.24) is 5.32 Å². The minimum Gasteiger partial charge on any atom is -0.388 e. The van der Waals surface area contributed by atoms with Gasteiger partial charge in [0.05, 0.1) is 4.92 Å². The zero-order chi connectivity index (χ0) is 15.0. The number of amides is 1. The van der Waals surface area contributed by atoms with Gasteiger partial charge in [0, 0.05) is 24.8 Å². The van der Waals surface area contributed by atoms with E-state index in [-0.39, 0.29) is 23.2 Å². The number of nitro groups is 1. The summed E-state index contributed by atoms with van der Waals surface area (Å²) in [7, 11) is 1.72. The molecule has 2 aliphatic rings. The van der Waals surface area contributed by atoms with E-state index in [4.69, 9.17) is 0 Å². The molecule has 0 radical (unpaired) electrons. The molecule has 2 aliphatic carbocycles. The average molecular weight is 289 g/mol. The Morgan fingerprint density at radius 3 is 2.71 bits per heavy atom. The van der Waals surface area contributed by atoms with Gasteiger partial charge < -0.3 is 10.6 Å². The number of hydrogen-bond donors (Lipinski definition) is 2. The Balaban J connectivity index is 1.81. The van der Waals surface area contributed by atoms with Crippen molar-refractivity contribution >= 4 is 17.3 Å². The van der Waals surface area contributed by atoms with Gasteiger partial charge in [-0.3, -0.25) is 14.9 Å². The third-order valence-corrected chi connectivity index (χ3v) is 4.78. The van der Waals surface area contributed by atoms with E-state index in [1.165, 1.54) is 18.9 Å². The zero-order valence-corrected chi connectivity index (χ0v) is 12.0. The van der Waals surface area contributed by atoms with Crippen LogP contribution in [0.1, 0.15) is 36.0 Å². The first-order valence-electron chi connectivity index (χ1n) is 7.35. The van der Waals surface area contributed by atoms with Crippen LogP contribution >= 0.6 is 0 Å². The lowest BCUT2D eigenvalue weighted by Gasteiger charge is -2.22. The molecule has 0 saturated heterocycles. The van der Waals surface area contributed by atoms with Crippen molar-refractivity contribution in [3.8, 4) is 0 Å². The van der Waals surface area contributed by atoms with Crippen LogP contribution < -0.4 is 10.6 Å². The maximum absolute atomic E-state index is 12.4. The van der Waals surface area contributed by atoms with Gasteiger partial charge in [-0.1, -0.05) is 6.42 Å². The molecule has 6 nitrogen and oxygen atoms in total. The standard InChI is InChI=1S/C15H19N3O3/c1-16-11-4-5-14(18(20)21)12(8-11)15(19)17-13-7-9-2-3-10(13)6-9/h4-5,8-10,13,16H,2-3,6-7H2,1H3,(H,17,19). The van der Waals surface area contributed by atoms with Crippen molar-refractivity contribution in [3.05, 3.63) is 33.9 Å². The van der Waals surface area contributed by atoms with Gasteiger partial charge in [-0.05, 0) is 43.2 Å². The van der Waals surface area contributed by atoms with Crippen LogP contribution in [-0.2, 0) is 0 Å². The maximum Gasteiger partial charge on any atom is 0.282 e. The summed E-state index contributed by atoms with van der Waals surface area (Å²) in [6, 6.07) is 4.70. The third kappa shape index (κ3) is 2.57. The Morgan fingerprint density at radius 2 is 2.14 bits per heavy atom. The molecule has 0 aromatic heterocycles. The second-order valence-electron chi connectivity index (χ2n) is 5.99. The normalized spacial score (nSPS) is 26.6. The van der Waals surface area contributed by atoms with Crippen molar-refractivity contribution in [2.75, 3.05) is 12.4 Å². The van der Waals surface area contributed by atoms with E-state index in [0.29, 0.717) is 11.6 Å². The number of benzene rings is 1. The molecule has 2 bridgehead atoms. The number of fused-ring (bicyclic) bond motifs is 2. The quantitative estimate of drug-likeness (QED) is 0.659. The summed E-state index contributed by atoms with van der Waals surface area (Å²) in [6.07, 6.45) is 4.61. The minimum atomic E-state index is -0.505. The fourth-order valence-corrected chi connectivity index (χ4v) is 3.70. The van der Waals surface area contributed by atoms with E-state index in [1.54, 1.807) is 19.2 Å². The highest BCUT2D eigenvalue weighted by Crippen LogP contribution is 2.44. The fraction of sp³-hybridized carbons (Fsp3) is 0.533. The van der Waals surface area contributed by atoms with Crippen LogP contribution in [0, 0.1) is 22.0 Å². The summed E-state index contributed by atoms with van der Waals surface area (Å²) in [6.45, 7) is 0. The molecule has 1 aromatic rings. The molecule has 1 aromatic carbocycles. The highest BCUT2D eigenvalue weighted by atomic mass is 16.6. The molecule has 3 rings (SSSR count). The number of carbonyl (C=O) groups excluding carboxylic acids is 1. The molecule has 2 saturated carbocycles. The first kappa shape index (κ1) is 13.9. The molecule has 2 fully saturated rings. The van der Waals surface area contributed by atoms with Gasteiger partial charge >= 0.3 is 0 Å². The summed E-state index contributed by atoms with van der Waals surface area (Å²) in [4.78, 5) is 23.0. The fourth-order valence-electron chi connectivity index (χ4n) is 3.70. The van der Waals surface area contributed by atoms with Crippen molar-refractivity contribution in [2.24, 2.45) is 11.8 Å². The Morgan fingerprint density at radius 1 is 1.33 bits per heavy atom. The lowest BCUT2D eigenvalue weighted by atomic mass is 9.95. The van der Waals surface area contributed by atoms with Gasteiger partial charge in [-0.25, -0.2) is 0 Å². The predicted octanol–water partition coefficient (Wildman–Crippen LogP) is 2.55. The largest absolute Gasteiger partial charge is 0.388 e. The number of hydrogen-bond acceptors (Lipinski definition) is 4. The number of carbonyl (C=O) groups is 1. The molecular weight excluding hydrogens is 270 g/mol. The van der Waals surface area contributed by atoms with Gasteiger partial charge in [0.25, 0.3) is 11.6 Å². The van der Waals surface area contributed by atoms with Crippen molar-refractivity contribution in [2.45, 2.75) is 31.7 Å². The van der Waals surface area contributed by atoms with Gasteiger partial charge in [-0.15, -0.1) is 0 Å². The third-order valence-electron chi connectivity index (χ3n) is 4.78. The van der Waals surface area contributed by atoms with Crippen LogP contribution in [0.2, 0.25) is 0 Å². The lowest BCUT2D eigenvalue weighted by Crippen LogP contribution is -2.38. The van der Waals surface area contributed by atoms with E-state index < -0.39 is 4.92 Å². The number of nitrogens with zero attached hydrogens (tertiary/aromatic N) is 1. The average Bonchev–Trinajstić information content (AvgIpc) is 3.09. The Bertz CT molecular complexity index is 588. The molecule has 21 heavy (non-hydrogen) atoms. The highest BCUT2D eigenvalue weighted by Gasteiger charge is 2.40. The van der Waals surface area contributed by atoms with E-state index in [2.05, 4.69) is 10.6 Å². The molecule has 3 unspecified atom stereocenters. The molecule has 0 spiro atoms. The summed E-state index contributed by atoms with van der Waals surface area (Å²) >= 11 is 0. The van der Waals surface area contributed by atoms with Crippen LogP contribution in [0.5, 0.6) is 0 Å². The number of nitrogens with one attached hydrogen (secondary N) is 2. The number of nitro benzene ring substituents is 1. The molecule has 0 aliphatic heterocycles. The van der Waals surface area contributed by atoms with E-state index in [1.807, 2.05) is 0 Å². The molecule has 112 valence electrons. The first-order valence-corrected chi connectivity index (χ1v) is 7.35. The molecular formula is C15H19N3O3. The molecule has 1 amide bonds. The van der Waals surface area contributed by atoms with Gasteiger partial charge in [-0.2, -0.15) is 0 Å². The minimum absolute atomic E-state index is 0.134. The van der Waals surface area contributed by atoms with E-state index in [9.17, 15) is 14.9 Å². The molecule has 0 heterocycles. The van der Waals surface area contributed by atoms with Crippen LogP contribution in [-0.4, -0.2) is 23.9 Å². The van der Waals surface area contributed by atoms with Gasteiger partial charge in [0.1, 0.15) is 5.56 Å². The maximum atomic E-state index is 12.4. The zero-order valence-electron chi connectivity index (χ0n) is 12.0. The SMILES string of the molecule is CNc1ccc([N+](=O)[O-])c(C(=O)NC2CC3CCC2C3)c1. The van der Waals surface area contributed by atoms with Crippen LogP contribution in [0.25, 0.3) is 0 Å². The molecule has 3 atom stereocenters. The second-order valence-corrected chi connectivity index (χ2v) is 5.99. The highest BCUT2D eigenvalue weighted by molar-refractivity contribution is 5.99. The summed E-state index contributed by atoms with van der Waals surface area (Å²) in [5, 5.41) is 17.0. The smallest absolute Gasteiger partial charge is 0.282 e. The summed E-state index contributed by atoms with van der Waals surface area (Å²) in [5.74, 6) is 0.931. The first-order chi connectivity index (χ1) is 10.1. The Labute approximate surface area is 123 Å². The molecule has 6 heteroatoms. The topological polar surface area (TPSA) is 84.3 Å². The number of anilines is 1. The Kier molecular flexibility index (Phi) is 3.53. The van der Waals surface area contributed by atoms with Crippen molar-refractivity contribution in [1.29, 1.82) is 0 Å². The van der Waals surface area contributed by atoms with E-state index >= 15 is 0 Å². The molecule has 2 N–H and O–H groups in total. The predicted molar refractivity (Wildman–Crippen MR) is 79.3 cm³/mol. The number of rotatable bonds is 4. The lowest BCUT2D eigenvalue weighted by molar-refractivity contribution is -0.385. The van der Waals surface area contributed by atoms with Gasteiger partial charge in [0.2, 0.25) is 0 Å². The monoisotopic (exact) mass is 289 g/mol. The Hall–Kier alpha value is -2.11. The second kappa shape index (κ2) is 5.35. The van der Waals surface area contributed by atoms with Crippen LogP contribution in [0.15, 0.2) is 18.2 Å². The van der Waals surface area contributed by atoms with E-state index in [0.717, 1.165) is 18.8 Å². The summed E-state index contributed by atoms with van der Waals surface area (Å²) < 4.78 is 0. The summed E-state index contributed by atoms with van der Waals surface area (Å²) in [5.41, 5.74) is 0.683. The van der Waals surface area contributed by atoms with Crippen molar-refractivity contribution < 1.29 is 9.72 Å². The van der Waals surface area contributed by atoms with Crippen LogP contribution in [0.3, 0.4) is 0 Å². The van der Waals surface area contributed by atoms with Crippen LogP contribution in [0.4, 0.5) is 11.4 Å². The van der Waals surface area contributed by atoms with Crippen molar-refractivity contribution in [3.63, 3.8) is 0 Å². The van der Waals surface area contributed by atoms with Gasteiger partial charge in [0.15, 0.2) is 0 Å².